The Kier molecular flexibility index (Phi) is 4.65. The Hall–Kier alpha value is -1.10. The molecule has 4 saturated carbocycles. The van der Waals surface area contributed by atoms with Gasteiger partial charge in [-0.1, -0.05) is 20.3 Å². The molecule has 4 aliphatic carbocycles. The van der Waals surface area contributed by atoms with Crippen molar-refractivity contribution in [3.8, 4) is 0 Å². The molecule has 8 atom stereocenters. The van der Waals surface area contributed by atoms with Crippen LogP contribution < -0.4 is 0 Å². The van der Waals surface area contributed by atoms with Crippen LogP contribution in [-0.4, -0.2) is 35.2 Å². The van der Waals surface area contributed by atoms with Crippen LogP contribution in [0.15, 0.2) is 5.16 Å². The number of fused-ring (bicyclic) bond motifs is 3. The van der Waals surface area contributed by atoms with Crippen LogP contribution in [0.25, 0.3) is 0 Å². The van der Waals surface area contributed by atoms with E-state index in [0.29, 0.717) is 18.4 Å². The minimum Gasteiger partial charge on any atom is -0.466 e. The highest BCUT2D eigenvalue weighted by Gasteiger charge is 2.71. The normalized spacial score (nSPS) is 52.9. The molecule has 0 amide bonds. The van der Waals surface area contributed by atoms with Gasteiger partial charge in [0.05, 0.1) is 18.1 Å². The number of aliphatic hydroxyl groups is 1. The number of aliphatic hydroxyl groups excluding tert-OH is 1. The molecular formula is C23H37NO4. The molecular weight excluding hydrogens is 354 g/mol. The van der Waals surface area contributed by atoms with Gasteiger partial charge in [-0.15, -0.1) is 5.16 Å². The maximum absolute atomic E-state index is 13.0. The van der Waals surface area contributed by atoms with E-state index in [0.717, 1.165) is 51.4 Å². The Morgan fingerprint density at radius 1 is 1.14 bits per heavy atom. The standard InChI is InChI=1S/C23H37NO4/c1-5-28-19(26)22(4)10-6-9-21(3)16(22)8-12-23-14-20(2,11-7-17(21)23)18(25)15(23)13-24-27/h13,15-18,25,27H,5-12,14H2,1-4H3/b24-13+/t15-,16+,17+,18-,20+,21-,22-,23-/m1/s1. The fourth-order valence-corrected chi connectivity index (χ4v) is 8.72. The fourth-order valence-electron chi connectivity index (χ4n) is 8.72. The van der Waals surface area contributed by atoms with Gasteiger partial charge >= 0.3 is 5.97 Å². The lowest BCUT2D eigenvalue weighted by Gasteiger charge is -2.64. The largest absolute Gasteiger partial charge is 0.466 e. The van der Waals surface area contributed by atoms with Crippen molar-refractivity contribution in [3.63, 3.8) is 0 Å². The van der Waals surface area contributed by atoms with E-state index in [1.807, 2.05) is 6.92 Å². The molecule has 0 heterocycles. The van der Waals surface area contributed by atoms with Gasteiger partial charge in [-0.05, 0) is 86.9 Å². The first kappa shape index (κ1) is 20.2. The maximum Gasteiger partial charge on any atom is 0.312 e. The minimum atomic E-state index is -0.450. The smallest absolute Gasteiger partial charge is 0.312 e. The second-order valence-electron chi connectivity index (χ2n) is 11.0. The van der Waals surface area contributed by atoms with E-state index in [1.165, 1.54) is 0 Å². The second kappa shape index (κ2) is 6.45. The molecule has 0 aromatic heterocycles. The van der Waals surface area contributed by atoms with Crippen LogP contribution in [0.1, 0.15) is 79.1 Å². The van der Waals surface area contributed by atoms with Crippen LogP contribution in [-0.2, 0) is 9.53 Å². The number of hydrogen-bond donors (Lipinski definition) is 2. The highest BCUT2D eigenvalue weighted by molar-refractivity contribution is 5.77. The van der Waals surface area contributed by atoms with Gasteiger partial charge in [0, 0.05) is 12.1 Å². The van der Waals surface area contributed by atoms with Crippen LogP contribution >= 0.6 is 0 Å². The molecule has 0 aromatic carbocycles. The summed E-state index contributed by atoms with van der Waals surface area (Å²) in [6.45, 7) is 9.07. The average molecular weight is 392 g/mol. The molecule has 4 fully saturated rings. The summed E-state index contributed by atoms with van der Waals surface area (Å²) in [5, 5.41) is 23.9. The molecule has 5 nitrogen and oxygen atoms in total. The minimum absolute atomic E-state index is 0.0171. The fraction of sp³-hybridized carbons (Fsp3) is 0.913. The molecule has 28 heavy (non-hydrogen) atoms. The summed E-state index contributed by atoms with van der Waals surface area (Å²) in [5.41, 5.74) is -0.463. The van der Waals surface area contributed by atoms with Crippen molar-refractivity contribution in [1.29, 1.82) is 0 Å². The molecule has 158 valence electrons. The molecule has 2 N–H and O–H groups in total. The number of nitrogens with zero attached hydrogens (tertiary/aromatic N) is 1. The SMILES string of the molecule is CCOC(=O)[C@]1(C)CCC[C@@]2(C)[C@@H]3CC[C@@]4(C)C[C@]3(CC[C@@H]21)[C@H](/C=N/O)[C@H]4O. The quantitative estimate of drug-likeness (QED) is 0.323. The predicted molar refractivity (Wildman–Crippen MR) is 107 cm³/mol. The molecule has 4 aliphatic rings. The van der Waals surface area contributed by atoms with Crippen molar-refractivity contribution < 1.29 is 19.8 Å². The summed E-state index contributed by atoms with van der Waals surface area (Å²) in [5.74, 6) is 0.643. The first-order valence-electron chi connectivity index (χ1n) is 11.2. The van der Waals surface area contributed by atoms with E-state index in [1.54, 1.807) is 6.21 Å². The lowest BCUT2D eigenvalue weighted by Crippen LogP contribution is -2.60. The maximum atomic E-state index is 13.0. The van der Waals surface area contributed by atoms with E-state index in [4.69, 9.17) is 4.74 Å². The van der Waals surface area contributed by atoms with Crippen molar-refractivity contribution in [3.05, 3.63) is 0 Å². The third kappa shape index (κ3) is 2.41. The van der Waals surface area contributed by atoms with E-state index < -0.39 is 11.5 Å². The lowest BCUT2D eigenvalue weighted by molar-refractivity contribution is -0.189. The number of carbonyl (C=O) groups excluding carboxylic acids is 1. The highest BCUT2D eigenvalue weighted by atomic mass is 16.5. The van der Waals surface area contributed by atoms with Gasteiger partial charge in [0.25, 0.3) is 0 Å². The van der Waals surface area contributed by atoms with Gasteiger partial charge in [0.2, 0.25) is 0 Å². The number of hydrogen-bond acceptors (Lipinski definition) is 5. The second-order valence-corrected chi connectivity index (χ2v) is 11.0. The van der Waals surface area contributed by atoms with Gasteiger partial charge in [-0.3, -0.25) is 4.79 Å². The predicted octanol–water partition coefficient (Wildman–Crippen LogP) is 4.40. The Labute approximate surface area is 168 Å². The van der Waals surface area contributed by atoms with Crippen molar-refractivity contribution in [2.24, 2.45) is 44.6 Å². The summed E-state index contributed by atoms with van der Waals surface area (Å²) in [6, 6.07) is 0. The van der Waals surface area contributed by atoms with Gasteiger partial charge in [-0.2, -0.15) is 0 Å². The highest BCUT2D eigenvalue weighted by Crippen LogP contribution is 2.75. The number of rotatable bonds is 3. The molecule has 2 bridgehead atoms. The third-order valence-corrected chi connectivity index (χ3v) is 9.79. The zero-order valence-electron chi connectivity index (χ0n) is 17.9. The van der Waals surface area contributed by atoms with Crippen molar-refractivity contribution >= 4 is 12.2 Å². The monoisotopic (exact) mass is 391 g/mol. The molecule has 5 heteroatoms. The Bertz CT molecular complexity index is 680. The topological polar surface area (TPSA) is 79.1 Å². The third-order valence-electron chi connectivity index (χ3n) is 9.79. The van der Waals surface area contributed by atoms with Gasteiger partial charge < -0.3 is 15.1 Å². The summed E-state index contributed by atoms with van der Waals surface area (Å²) < 4.78 is 5.53. The first-order valence-corrected chi connectivity index (χ1v) is 11.2. The summed E-state index contributed by atoms with van der Waals surface area (Å²) in [4.78, 5) is 13.0. The summed E-state index contributed by atoms with van der Waals surface area (Å²) in [6.07, 6.45) is 9.34. The zero-order chi connectivity index (χ0) is 20.4. The molecule has 0 radical (unpaired) electrons. The summed E-state index contributed by atoms with van der Waals surface area (Å²) in [7, 11) is 0. The number of oxime groups is 1. The molecule has 0 aliphatic heterocycles. The Morgan fingerprint density at radius 3 is 2.54 bits per heavy atom. The lowest BCUT2D eigenvalue weighted by atomic mass is 9.39. The van der Waals surface area contributed by atoms with E-state index >= 15 is 0 Å². The van der Waals surface area contributed by atoms with Crippen LogP contribution in [0, 0.1) is 39.4 Å². The molecule has 4 rings (SSSR count). The van der Waals surface area contributed by atoms with Crippen LogP contribution in [0.5, 0.6) is 0 Å². The zero-order valence-corrected chi connectivity index (χ0v) is 17.9. The van der Waals surface area contributed by atoms with Gasteiger partial charge in [0.1, 0.15) is 0 Å². The Balaban J connectivity index is 1.75. The molecule has 1 spiro atoms. The van der Waals surface area contributed by atoms with E-state index in [2.05, 4.69) is 25.9 Å². The van der Waals surface area contributed by atoms with Crippen molar-refractivity contribution in [2.45, 2.75) is 85.2 Å². The number of ether oxygens (including phenoxy) is 1. The van der Waals surface area contributed by atoms with Gasteiger partial charge in [0.15, 0.2) is 0 Å². The summed E-state index contributed by atoms with van der Waals surface area (Å²) >= 11 is 0. The van der Waals surface area contributed by atoms with Crippen LogP contribution in [0.4, 0.5) is 0 Å². The number of carbonyl (C=O) groups is 1. The number of esters is 1. The van der Waals surface area contributed by atoms with E-state index in [9.17, 15) is 15.1 Å². The molecule has 0 unspecified atom stereocenters. The average Bonchev–Trinajstić information content (AvgIpc) is 2.79. The van der Waals surface area contributed by atoms with Crippen LogP contribution in [0.3, 0.4) is 0 Å². The molecule has 0 saturated heterocycles. The van der Waals surface area contributed by atoms with Gasteiger partial charge in [-0.25, -0.2) is 0 Å². The van der Waals surface area contributed by atoms with Crippen molar-refractivity contribution in [1.82, 2.24) is 0 Å². The first-order chi connectivity index (χ1) is 13.2. The van der Waals surface area contributed by atoms with E-state index in [-0.39, 0.29) is 28.1 Å². The van der Waals surface area contributed by atoms with Crippen molar-refractivity contribution in [2.75, 3.05) is 6.61 Å². The molecule has 0 aromatic rings. The Morgan fingerprint density at radius 2 is 1.86 bits per heavy atom. The van der Waals surface area contributed by atoms with Crippen LogP contribution in [0.2, 0.25) is 0 Å².